The lowest BCUT2D eigenvalue weighted by molar-refractivity contribution is -0.139. The number of carboxylic acids is 1. The van der Waals surface area contributed by atoms with Gasteiger partial charge in [0.15, 0.2) is 21.3 Å². The van der Waals surface area contributed by atoms with Gasteiger partial charge in [0.25, 0.3) is 0 Å². The summed E-state index contributed by atoms with van der Waals surface area (Å²) in [4.78, 5) is 18.7. The van der Waals surface area contributed by atoms with Crippen molar-refractivity contribution in [3.63, 3.8) is 0 Å². The largest absolute Gasteiger partial charge is 0.505 e. The Kier molecular flexibility index (Phi) is 3.80. The summed E-state index contributed by atoms with van der Waals surface area (Å²) in [6.45, 7) is -0.0222. The first-order valence-corrected chi connectivity index (χ1v) is 8.75. The number of nitrogens with one attached hydrogen (secondary N) is 1. The van der Waals surface area contributed by atoms with E-state index in [-0.39, 0.29) is 35.0 Å². The zero-order valence-electron chi connectivity index (χ0n) is 12.6. The van der Waals surface area contributed by atoms with Gasteiger partial charge >= 0.3 is 5.97 Å². The summed E-state index contributed by atoms with van der Waals surface area (Å²) in [7, 11) is -2.28. The van der Waals surface area contributed by atoms with E-state index in [2.05, 4.69) is 15.3 Å². The monoisotopic (exact) mass is 353 g/mol. The topological polar surface area (TPSA) is 149 Å². The molecular weight excluding hydrogens is 338 g/mol. The summed E-state index contributed by atoms with van der Waals surface area (Å²) in [5, 5.41) is 32.3. The summed E-state index contributed by atoms with van der Waals surface area (Å²) >= 11 is 0. The van der Waals surface area contributed by atoms with Gasteiger partial charge in [-0.2, -0.15) is 0 Å². The summed E-state index contributed by atoms with van der Waals surface area (Å²) in [6.07, 6.45) is 1.32. The van der Waals surface area contributed by atoms with Gasteiger partial charge in [-0.05, 0) is 12.6 Å². The zero-order chi connectivity index (χ0) is 17.6. The highest BCUT2D eigenvalue weighted by Gasteiger charge is 2.33. The Morgan fingerprint density at radius 2 is 2.04 bits per heavy atom. The van der Waals surface area contributed by atoms with Crippen molar-refractivity contribution >= 4 is 21.4 Å². The van der Waals surface area contributed by atoms with Gasteiger partial charge in [0.1, 0.15) is 21.7 Å². The Hall–Kier alpha value is -2.46. The van der Waals surface area contributed by atoms with Crippen LogP contribution in [-0.2, 0) is 14.6 Å². The summed E-state index contributed by atoms with van der Waals surface area (Å²) in [5.41, 5.74) is 0.495. The Morgan fingerprint density at radius 3 is 2.67 bits per heavy atom. The number of rotatable bonds is 4. The fourth-order valence-electron chi connectivity index (χ4n) is 2.82. The van der Waals surface area contributed by atoms with Crippen LogP contribution in [0.2, 0.25) is 0 Å². The Morgan fingerprint density at radius 1 is 1.33 bits per heavy atom. The second-order valence-corrected chi connectivity index (χ2v) is 7.51. The fraction of sp³-hybridized carbons (Fsp3) is 0.357. The van der Waals surface area contributed by atoms with Gasteiger partial charge in [-0.15, -0.1) is 0 Å². The van der Waals surface area contributed by atoms with Gasteiger partial charge < -0.3 is 20.6 Å². The molecule has 10 heteroatoms. The van der Waals surface area contributed by atoms with Crippen molar-refractivity contribution in [2.75, 3.05) is 19.3 Å². The van der Waals surface area contributed by atoms with Gasteiger partial charge in [0.05, 0.1) is 17.9 Å². The van der Waals surface area contributed by atoms with Crippen LogP contribution in [0.1, 0.15) is 12.0 Å². The number of phenolic OH excluding ortho intramolecular Hbond substituents is 2. The third-order valence-corrected chi connectivity index (χ3v) is 5.76. The molecule has 0 radical (unpaired) electrons. The summed E-state index contributed by atoms with van der Waals surface area (Å²) < 4.78 is 24.3. The van der Waals surface area contributed by atoms with E-state index in [0.29, 0.717) is 5.57 Å². The maximum Gasteiger partial charge on any atom is 0.321 e. The first-order valence-electron chi connectivity index (χ1n) is 7.10. The van der Waals surface area contributed by atoms with Crippen molar-refractivity contribution in [2.24, 2.45) is 9.98 Å². The van der Waals surface area contributed by atoms with Crippen molar-refractivity contribution in [3.8, 4) is 11.5 Å². The van der Waals surface area contributed by atoms with Crippen LogP contribution in [0.25, 0.3) is 5.57 Å². The van der Waals surface area contributed by atoms with Crippen LogP contribution in [0, 0.1) is 0 Å². The normalized spacial score (nSPS) is 18.6. The van der Waals surface area contributed by atoms with Gasteiger partial charge in [0.2, 0.25) is 0 Å². The number of likely N-dealkylation sites (N-methyl/N-ethyl adjacent to an activating group) is 1. The molecule has 0 aromatic heterocycles. The number of hydrogen-bond donors (Lipinski definition) is 4. The maximum atomic E-state index is 12.2. The molecule has 24 heavy (non-hydrogen) atoms. The standard InChI is InChI=1S/C14H15N3O6S/c1-15-7(14(20)21)4-6-5-17-9-8(6)11(18)10-13(12(9)19)24(22,23)3-2-16-10/h5,7,15,18-19H,2-4H2,1H3,(H,20,21)/t7-/m0/s1. The third-order valence-electron chi connectivity index (χ3n) is 4.03. The van der Waals surface area contributed by atoms with E-state index in [9.17, 15) is 23.4 Å². The molecule has 0 aliphatic carbocycles. The van der Waals surface area contributed by atoms with E-state index in [1.165, 1.54) is 13.2 Å². The van der Waals surface area contributed by atoms with E-state index < -0.39 is 38.2 Å². The van der Waals surface area contributed by atoms with Crippen molar-refractivity contribution in [1.29, 1.82) is 0 Å². The smallest absolute Gasteiger partial charge is 0.321 e. The number of aliphatic carboxylic acids is 1. The average molecular weight is 353 g/mol. The predicted molar refractivity (Wildman–Crippen MR) is 82.1 cm³/mol. The molecule has 0 saturated heterocycles. The molecule has 0 saturated carbocycles. The van der Waals surface area contributed by atoms with E-state index in [0.717, 1.165) is 0 Å². The highest BCUT2D eigenvalue weighted by Crippen LogP contribution is 2.32. The predicted octanol–water partition coefficient (Wildman–Crippen LogP) is -1.46. The van der Waals surface area contributed by atoms with Crippen LogP contribution in [0.5, 0.6) is 11.5 Å². The van der Waals surface area contributed by atoms with Crippen LogP contribution >= 0.6 is 0 Å². The lowest BCUT2D eigenvalue weighted by Gasteiger charge is -2.16. The average Bonchev–Trinajstić information content (AvgIpc) is 2.93. The second kappa shape index (κ2) is 5.56. The molecule has 1 aromatic carbocycles. The molecule has 4 N–H and O–H groups in total. The molecule has 9 nitrogen and oxygen atoms in total. The molecule has 0 fully saturated rings. The molecule has 2 aliphatic heterocycles. The minimum Gasteiger partial charge on any atom is -0.505 e. The van der Waals surface area contributed by atoms with Gasteiger partial charge in [-0.25, -0.2) is 8.42 Å². The van der Waals surface area contributed by atoms with E-state index in [1.807, 2.05) is 0 Å². The van der Waals surface area contributed by atoms with E-state index in [4.69, 9.17) is 5.11 Å². The lowest BCUT2D eigenvalue weighted by atomic mass is 9.98. The minimum atomic E-state index is -3.77. The number of nitrogens with zero attached hydrogens (tertiary/aromatic N) is 2. The van der Waals surface area contributed by atoms with E-state index >= 15 is 0 Å². The van der Waals surface area contributed by atoms with Crippen molar-refractivity contribution in [2.45, 2.75) is 17.4 Å². The SMILES string of the molecule is CN[C@@H](CC1=CN=c2c(O)c3c(c(O)c21)=NCCS3(=O)=O)C(=O)O. The Labute approximate surface area is 136 Å². The van der Waals surface area contributed by atoms with Crippen LogP contribution in [0.4, 0.5) is 0 Å². The lowest BCUT2D eigenvalue weighted by Crippen LogP contribution is -2.34. The molecule has 0 bridgehead atoms. The molecule has 2 heterocycles. The molecule has 1 aromatic rings. The molecule has 0 amide bonds. The van der Waals surface area contributed by atoms with Gasteiger partial charge in [-0.3, -0.25) is 14.8 Å². The van der Waals surface area contributed by atoms with Crippen molar-refractivity contribution in [1.82, 2.24) is 5.32 Å². The first-order chi connectivity index (χ1) is 11.3. The summed E-state index contributed by atoms with van der Waals surface area (Å²) in [6, 6.07) is -0.921. The Bertz CT molecular complexity index is 997. The number of phenols is 2. The minimum absolute atomic E-state index is 0.000863. The summed E-state index contributed by atoms with van der Waals surface area (Å²) in [5.74, 6) is -2.31. The third kappa shape index (κ3) is 2.34. The molecule has 128 valence electrons. The van der Waals surface area contributed by atoms with Crippen LogP contribution < -0.4 is 16.0 Å². The number of fused-ring (bicyclic) bond motifs is 2. The van der Waals surface area contributed by atoms with Crippen molar-refractivity contribution in [3.05, 3.63) is 22.5 Å². The number of carboxylic acid groups (broad SMARTS) is 1. The molecule has 1 atom stereocenters. The highest BCUT2D eigenvalue weighted by molar-refractivity contribution is 7.91. The zero-order valence-corrected chi connectivity index (χ0v) is 13.5. The molecule has 2 aliphatic rings. The van der Waals surface area contributed by atoms with E-state index in [1.54, 1.807) is 0 Å². The molecule has 0 unspecified atom stereocenters. The number of sulfone groups is 1. The first kappa shape index (κ1) is 16.4. The molecule has 3 rings (SSSR count). The highest BCUT2D eigenvalue weighted by atomic mass is 32.2. The maximum absolute atomic E-state index is 12.2. The molecular formula is C14H15N3O6S. The second-order valence-electron chi connectivity index (χ2n) is 5.47. The van der Waals surface area contributed by atoms with Gasteiger partial charge in [-0.1, -0.05) is 0 Å². The van der Waals surface area contributed by atoms with Crippen LogP contribution in [0.15, 0.2) is 21.1 Å². The van der Waals surface area contributed by atoms with Crippen LogP contribution in [0.3, 0.4) is 0 Å². The van der Waals surface area contributed by atoms with Crippen LogP contribution in [-0.4, -0.2) is 55.1 Å². The number of carbonyl (C=O) groups is 1. The van der Waals surface area contributed by atoms with Gasteiger partial charge in [0, 0.05) is 12.6 Å². The number of hydrogen-bond acceptors (Lipinski definition) is 8. The fourth-order valence-corrected chi connectivity index (χ4v) is 4.20. The van der Waals surface area contributed by atoms with Crippen molar-refractivity contribution < 1.29 is 28.5 Å². The quantitative estimate of drug-likeness (QED) is 0.483. The number of aromatic hydroxyl groups is 2. The molecule has 0 spiro atoms. The Balaban J connectivity index is 2.20. The number of benzene rings is 1.